The van der Waals surface area contributed by atoms with Crippen LogP contribution in [0.25, 0.3) is 0 Å². The molecule has 0 fully saturated rings. The number of ether oxygens (including phenoxy) is 3. The Kier molecular flexibility index (Phi) is 3.50. The first kappa shape index (κ1) is 10.6. The molecule has 0 radical (unpaired) electrons. The maximum atomic E-state index is 11.9. The summed E-state index contributed by atoms with van der Waals surface area (Å²) in [5, 5.41) is 0. The van der Waals surface area contributed by atoms with Gasteiger partial charge in [0.2, 0.25) is 0 Å². The molecular weight excluding hydrogens is 194 g/mol. The molecule has 1 rings (SSSR count). The lowest BCUT2D eigenvalue weighted by Gasteiger charge is -2.08. The Bertz CT molecular complexity index is 280. The van der Waals surface area contributed by atoms with Crippen LogP contribution in [0.1, 0.15) is 0 Å². The van der Waals surface area contributed by atoms with Crippen LogP contribution >= 0.6 is 0 Å². The summed E-state index contributed by atoms with van der Waals surface area (Å²) in [6.45, 7) is -2.85. The molecule has 14 heavy (non-hydrogen) atoms. The fourth-order valence-electron chi connectivity index (χ4n) is 0.952. The van der Waals surface area contributed by atoms with Crippen LogP contribution in [0.15, 0.2) is 18.2 Å². The lowest BCUT2D eigenvalue weighted by molar-refractivity contribution is -0.0500. The molecule has 0 aromatic heterocycles. The Morgan fingerprint density at radius 2 is 1.36 bits per heavy atom. The van der Waals surface area contributed by atoms with Crippen molar-refractivity contribution in [3.63, 3.8) is 0 Å². The number of halogens is 2. The normalized spacial score (nSPS) is 10.1. The van der Waals surface area contributed by atoms with Crippen LogP contribution in [0.3, 0.4) is 0 Å². The van der Waals surface area contributed by atoms with E-state index in [0.29, 0.717) is 11.5 Å². The minimum atomic E-state index is -2.85. The molecule has 0 heterocycles. The minimum absolute atomic E-state index is 0.0104. The van der Waals surface area contributed by atoms with Gasteiger partial charge in [-0.1, -0.05) is 0 Å². The molecule has 1 aromatic rings. The van der Waals surface area contributed by atoms with Crippen LogP contribution in [-0.2, 0) is 0 Å². The highest BCUT2D eigenvalue weighted by molar-refractivity contribution is 5.41. The molecule has 0 N–H and O–H groups in total. The van der Waals surface area contributed by atoms with Crippen molar-refractivity contribution in [1.82, 2.24) is 0 Å². The number of hydrogen-bond donors (Lipinski definition) is 0. The second-order valence-electron chi connectivity index (χ2n) is 2.43. The van der Waals surface area contributed by atoms with E-state index in [-0.39, 0.29) is 5.75 Å². The summed E-state index contributed by atoms with van der Waals surface area (Å²) in [5.74, 6) is 0.816. The first-order valence-electron chi connectivity index (χ1n) is 3.83. The van der Waals surface area contributed by atoms with E-state index in [1.807, 2.05) is 0 Å². The first-order chi connectivity index (χ1) is 6.65. The predicted octanol–water partition coefficient (Wildman–Crippen LogP) is 2.31. The molecule has 0 aliphatic carbocycles. The van der Waals surface area contributed by atoms with Crippen LogP contribution < -0.4 is 14.2 Å². The summed E-state index contributed by atoms with van der Waals surface area (Å²) in [6.07, 6.45) is 0. The van der Waals surface area contributed by atoms with Gasteiger partial charge in [-0.2, -0.15) is 8.78 Å². The molecule has 0 saturated carbocycles. The number of alkyl halides is 2. The third kappa shape index (κ3) is 2.76. The topological polar surface area (TPSA) is 27.7 Å². The van der Waals surface area contributed by atoms with Crippen molar-refractivity contribution in [2.45, 2.75) is 6.61 Å². The van der Waals surface area contributed by atoms with Crippen LogP contribution in [0.5, 0.6) is 17.2 Å². The van der Waals surface area contributed by atoms with E-state index in [1.165, 1.54) is 26.4 Å². The van der Waals surface area contributed by atoms with Gasteiger partial charge in [0.1, 0.15) is 17.2 Å². The second-order valence-corrected chi connectivity index (χ2v) is 2.43. The number of benzene rings is 1. The standard InChI is InChI=1S/C9H10F2O3/c1-12-6-3-7(13-2)5-8(4-6)14-9(10)11/h3-5,9H,1-2H3. The van der Waals surface area contributed by atoms with E-state index in [4.69, 9.17) is 9.47 Å². The van der Waals surface area contributed by atoms with Crippen LogP contribution in [0.4, 0.5) is 8.78 Å². The van der Waals surface area contributed by atoms with Gasteiger partial charge in [-0.15, -0.1) is 0 Å². The molecule has 0 bridgehead atoms. The maximum Gasteiger partial charge on any atom is 0.387 e. The zero-order valence-corrected chi connectivity index (χ0v) is 7.79. The Morgan fingerprint density at radius 3 is 1.71 bits per heavy atom. The van der Waals surface area contributed by atoms with Crippen molar-refractivity contribution in [3.05, 3.63) is 18.2 Å². The van der Waals surface area contributed by atoms with Gasteiger partial charge in [0.15, 0.2) is 0 Å². The zero-order valence-electron chi connectivity index (χ0n) is 7.79. The Balaban J connectivity index is 2.92. The van der Waals surface area contributed by atoms with Gasteiger partial charge in [-0.25, -0.2) is 0 Å². The minimum Gasteiger partial charge on any atom is -0.496 e. The molecule has 3 nitrogen and oxygen atoms in total. The molecule has 0 saturated heterocycles. The second kappa shape index (κ2) is 4.64. The zero-order chi connectivity index (χ0) is 10.6. The van der Waals surface area contributed by atoms with E-state index < -0.39 is 6.61 Å². The van der Waals surface area contributed by atoms with Gasteiger partial charge in [-0.3, -0.25) is 0 Å². The lowest BCUT2D eigenvalue weighted by Crippen LogP contribution is -2.02. The Hall–Kier alpha value is -1.52. The third-order valence-electron chi connectivity index (χ3n) is 1.55. The fourth-order valence-corrected chi connectivity index (χ4v) is 0.952. The fraction of sp³-hybridized carbons (Fsp3) is 0.333. The summed E-state index contributed by atoms with van der Waals surface area (Å²) in [6, 6.07) is 4.28. The molecule has 0 aliphatic rings. The summed E-state index contributed by atoms with van der Waals surface area (Å²) in [4.78, 5) is 0. The van der Waals surface area contributed by atoms with Crippen molar-refractivity contribution in [3.8, 4) is 17.2 Å². The van der Waals surface area contributed by atoms with E-state index in [1.54, 1.807) is 6.07 Å². The van der Waals surface area contributed by atoms with E-state index in [9.17, 15) is 8.78 Å². The predicted molar refractivity (Wildman–Crippen MR) is 46.2 cm³/mol. The van der Waals surface area contributed by atoms with Crippen molar-refractivity contribution >= 4 is 0 Å². The van der Waals surface area contributed by atoms with Crippen molar-refractivity contribution in [2.75, 3.05) is 14.2 Å². The first-order valence-corrected chi connectivity index (χ1v) is 3.83. The van der Waals surface area contributed by atoms with Gasteiger partial charge in [0, 0.05) is 18.2 Å². The van der Waals surface area contributed by atoms with Gasteiger partial charge in [0.25, 0.3) is 0 Å². The number of rotatable bonds is 4. The van der Waals surface area contributed by atoms with Gasteiger partial charge in [-0.05, 0) is 0 Å². The number of methoxy groups -OCH3 is 2. The highest BCUT2D eigenvalue weighted by Crippen LogP contribution is 2.28. The average Bonchev–Trinajstić information content (AvgIpc) is 2.16. The highest BCUT2D eigenvalue weighted by atomic mass is 19.3. The van der Waals surface area contributed by atoms with E-state index in [0.717, 1.165) is 0 Å². The maximum absolute atomic E-state index is 11.9. The molecule has 0 aliphatic heterocycles. The monoisotopic (exact) mass is 204 g/mol. The SMILES string of the molecule is COc1cc(OC)cc(OC(F)F)c1. The summed E-state index contributed by atoms with van der Waals surface area (Å²) in [7, 11) is 2.86. The molecule has 0 spiro atoms. The molecule has 78 valence electrons. The van der Waals surface area contributed by atoms with E-state index >= 15 is 0 Å². The van der Waals surface area contributed by atoms with Gasteiger partial charge >= 0.3 is 6.61 Å². The highest BCUT2D eigenvalue weighted by Gasteiger charge is 2.07. The summed E-state index contributed by atoms with van der Waals surface area (Å²) in [5.41, 5.74) is 0. The third-order valence-corrected chi connectivity index (χ3v) is 1.55. The average molecular weight is 204 g/mol. The Morgan fingerprint density at radius 1 is 0.929 bits per heavy atom. The largest absolute Gasteiger partial charge is 0.496 e. The number of hydrogen-bond acceptors (Lipinski definition) is 3. The van der Waals surface area contributed by atoms with Crippen LogP contribution in [-0.4, -0.2) is 20.8 Å². The van der Waals surface area contributed by atoms with Gasteiger partial charge in [0.05, 0.1) is 14.2 Å². The lowest BCUT2D eigenvalue weighted by atomic mass is 10.3. The van der Waals surface area contributed by atoms with E-state index in [2.05, 4.69) is 4.74 Å². The molecule has 1 aromatic carbocycles. The van der Waals surface area contributed by atoms with Crippen molar-refractivity contribution < 1.29 is 23.0 Å². The van der Waals surface area contributed by atoms with Crippen molar-refractivity contribution in [1.29, 1.82) is 0 Å². The van der Waals surface area contributed by atoms with Crippen LogP contribution in [0.2, 0.25) is 0 Å². The Labute approximate surface area is 80.2 Å². The summed E-state index contributed by atoms with van der Waals surface area (Å²) >= 11 is 0. The molecular formula is C9H10F2O3. The smallest absolute Gasteiger partial charge is 0.387 e. The molecule has 0 atom stereocenters. The molecule has 0 unspecified atom stereocenters. The molecule has 5 heteroatoms. The molecule has 0 amide bonds. The van der Waals surface area contributed by atoms with Crippen LogP contribution in [0, 0.1) is 0 Å². The van der Waals surface area contributed by atoms with Crippen molar-refractivity contribution in [2.24, 2.45) is 0 Å². The summed E-state index contributed by atoms with van der Waals surface area (Å²) < 4.78 is 37.7. The van der Waals surface area contributed by atoms with Gasteiger partial charge < -0.3 is 14.2 Å². The quantitative estimate of drug-likeness (QED) is 0.753.